The highest BCUT2D eigenvalue weighted by atomic mass is 35.7. The van der Waals surface area contributed by atoms with Crippen LogP contribution in [0.1, 0.15) is 0 Å². The van der Waals surface area contributed by atoms with Crippen LogP contribution in [-0.4, -0.2) is 20.6 Å². The molecule has 0 amide bonds. The minimum absolute atomic E-state index is 0.0447. The van der Waals surface area contributed by atoms with E-state index in [1.165, 1.54) is 13.2 Å². The fraction of sp³-hybridized carbons (Fsp3) is 0.143. The second-order valence-corrected chi connectivity index (χ2v) is 5.36. The maximum atomic E-state index is 11.0. The van der Waals surface area contributed by atoms with E-state index in [1.807, 2.05) is 0 Å². The molecule has 0 fully saturated rings. The highest BCUT2D eigenvalue weighted by molar-refractivity contribution is 8.13. The molecule has 1 aromatic rings. The van der Waals surface area contributed by atoms with E-state index in [2.05, 4.69) is 0 Å². The van der Waals surface area contributed by atoms with Gasteiger partial charge in [0.1, 0.15) is 4.90 Å². The molecule has 0 atom stereocenters. The Hall–Kier alpha value is -0.650. The molecule has 0 aliphatic carbocycles. The van der Waals surface area contributed by atoms with Crippen LogP contribution in [0, 0.1) is 0 Å². The van der Waals surface area contributed by atoms with Gasteiger partial charge in [-0.25, -0.2) is 8.42 Å². The van der Waals surface area contributed by atoms with Gasteiger partial charge in [0, 0.05) is 21.8 Å². The predicted octanol–water partition coefficient (Wildman–Crippen LogP) is 1.98. The summed E-state index contributed by atoms with van der Waals surface area (Å²) in [6.07, 6.45) is 0. The monoisotopic (exact) mass is 256 g/mol. The molecule has 0 aromatic heterocycles. The van der Waals surface area contributed by atoms with Crippen molar-refractivity contribution in [2.75, 3.05) is 7.11 Å². The highest BCUT2D eigenvalue weighted by Gasteiger charge is 2.20. The average molecular weight is 257 g/mol. The summed E-state index contributed by atoms with van der Waals surface area (Å²) >= 11 is 5.59. The van der Waals surface area contributed by atoms with Crippen LogP contribution in [0.3, 0.4) is 0 Å². The van der Waals surface area contributed by atoms with Crippen LogP contribution in [0.5, 0.6) is 11.5 Å². The highest BCUT2D eigenvalue weighted by Crippen LogP contribution is 2.37. The molecule has 0 heterocycles. The van der Waals surface area contributed by atoms with Crippen molar-refractivity contribution < 1.29 is 18.3 Å². The molecular formula is C7H6Cl2O4S. The molecule has 7 heteroatoms. The first kappa shape index (κ1) is 11.4. The Morgan fingerprint density at radius 3 is 2.43 bits per heavy atom. The minimum Gasteiger partial charge on any atom is -0.503 e. The van der Waals surface area contributed by atoms with Crippen LogP contribution in [0.2, 0.25) is 5.02 Å². The van der Waals surface area contributed by atoms with Crippen molar-refractivity contribution in [1.82, 2.24) is 0 Å². The van der Waals surface area contributed by atoms with Crippen LogP contribution in [-0.2, 0) is 9.05 Å². The van der Waals surface area contributed by atoms with Crippen molar-refractivity contribution in [3.05, 3.63) is 17.2 Å². The molecule has 0 saturated carbocycles. The maximum Gasteiger partial charge on any atom is 0.265 e. The van der Waals surface area contributed by atoms with E-state index in [0.717, 1.165) is 6.07 Å². The molecule has 0 aliphatic heterocycles. The number of hydrogen-bond acceptors (Lipinski definition) is 4. The number of phenolic OH excluding ortho intramolecular Hbond substituents is 1. The zero-order valence-corrected chi connectivity index (χ0v) is 9.32. The number of halogens is 2. The summed E-state index contributed by atoms with van der Waals surface area (Å²) in [6.45, 7) is 0. The second kappa shape index (κ2) is 3.84. The quantitative estimate of drug-likeness (QED) is 0.823. The molecule has 1 aromatic carbocycles. The lowest BCUT2D eigenvalue weighted by Gasteiger charge is -2.06. The smallest absolute Gasteiger partial charge is 0.265 e. The van der Waals surface area contributed by atoms with E-state index in [0.29, 0.717) is 0 Å². The minimum atomic E-state index is -4.03. The summed E-state index contributed by atoms with van der Waals surface area (Å²) in [5.41, 5.74) is 0. The molecule has 78 valence electrons. The van der Waals surface area contributed by atoms with E-state index in [-0.39, 0.29) is 10.8 Å². The summed E-state index contributed by atoms with van der Waals surface area (Å²) in [5.74, 6) is -0.594. The van der Waals surface area contributed by atoms with E-state index >= 15 is 0 Å². The van der Waals surface area contributed by atoms with Gasteiger partial charge in [0.15, 0.2) is 11.5 Å². The fourth-order valence-corrected chi connectivity index (χ4v) is 2.12. The van der Waals surface area contributed by atoms with Gasteiger partial charge in [-0.05, 0) is 6.07 Å². The van der Waals surface area contributed by atoms with Gasteiger partial charge < -0.3 is 9.84 Å². The van der Waals surface area contributed by atoms with Crippen LogP contribution in [0.4, 0.5) is 0 Å². The van der Waals surface area contributed by atoms with E-state index < -0.39 is 19.7 Å². The molecule has 1 N–H and O–H groups in total. The molecule has 1 rings (SSSR count). The summed E-state index contributed by atoms with van der Waals surface area (Å²) < 4.78 is 26.6. The number of ether oxygens (including phenoxy) is 1. The number of rotatable bonds is 2. The van der Waals surface area contributed by atoms with Crippen molar-refractivity contribution in [3.63, 3.8) is 0 Å². The van der Waals surface area contributed by atoms with Crippen LogP contribution in [0.25, 0.3) is 0 Å². The summed E-state index contributed by atoms with van der Waals surface area (Å²) in [6, 6.07) is 2.32. The molecule has 4 nitrogen and oxygen atoms in total. The maximum absolute atomic E-state index is 11.0. The third-order valence-corrected chi connectivity index (χ3v) is 3.04. The third-order valence-electron chi connectivity index (χ3n) is 1.49. The van der Waals surface area contributed by atoms with Crippen molar-refractivity contribution in [1.29, 1.82) is 0 Å². The standard InChI is InChI=1S/C7H6Cl2O4S/c1-13-5-2-4(8)3-6(7(5)10)14(9,11)12/h2-3,10H,1H3. The zero-order chi connectivity index (χ0) is 10.9. The lowest BCUT2D eigenvalue weighted by atomic mass is 10.3. The number of aromatic hydroxyl groups is 1. The van der Waals surface area contributed by atoms with Gasteiger partial charge in [0.25, 0.3) is 9.05 Å². The number of benzene rings is 1. The Labute approximate surface area is 90.4 Å². The first-order chi connectivity index (χ1) is 6.36. The molecule has 0 bridgehead atoms. The number of phenols is 1. The molecule has 0 spiro atoms. The lowest BCUT2D eigenvalue weighted by molar-refractivity contribution is 0.366. The first-order valence-corrected chi connectivity index (χ1v) is 6.06. The van der Waals surface area contributed by atoms with Crippen molar-refractivity contribution in [3.8, 4) is 11.5 Å². The molecule has 0 radical (unpaired) electrons. The lowest BCUT2D eigenvalue weighted by Crippen LogP contribution is -1.94. The SMILES string of the molecule is COc1cc(Cl)cc(S(=O)(=O)Cl)c1O. The average Bonchev–Trinajstić information content (AvgIpc) is 2.06. The summed E-state index contributed by atoms with van der Waals surface area (Å²) in [4.78, 5) is -0.469. The largest absolute Gasteiger partial charge is 0.503 e. The normalized spacial score (nSPS) is 11.4. The summed E-state index contributed by atoms with van der Waals surface area (Å²) in [7, 11) is 2.31. The molecule has 0 unspecified atom stereocenters. The Morgan fingerprint density at radius 1 is 1.43 bits per heavy atom. The van der Waals surface area contributed by atoms with Crippen LogP contribution in [0.15, 0.2) is 17.0 Å². The van der Waals surface area contributed by atoms with Crippen molar-refractivity contribution in [2.45, 2.75) is 4.90 Å². The van der Waals surface area contributed by atoms with Crippen molar-refractivity contribution >= 4 is 31.3 Å². The van der Waals surface area contributed by atoms with E-state index in [1.54, 1.807) is 0 Å². The van der Waals surface area contributed by atoms with Crippen LogP contribution >= 0.6 is 22.3 Å². The van der Waals surface area contributed by atoms with Gasteiger partial charge in [-0.2, -0.15) is 0 Å². The van der Waals surface area contributed by atoms with Gasteiger partial charge in [0.05, 0.1) is 7.11 Å². The molecule has 0 saturated heterocycles. The van der Waals surface area contributed by atoms with Gasteiger partial charge in [0.2, 0.25) is 0 Å². The number of hydrogen-bond donors (Lipinski definition) is 1. The Balaban J connectivity index is 3.53. The van der Waals surface area contributed by atoms with Crippen LogP contribution < -0.4 is 4.74 Å². The van der Waals surface area contributed by atoms with Crippen molar-refractivity contribution in [2.24, 2.45) is 0 Å². The Bertz CT molecular complexity index is 455. The third kappa shape index (κ3) is 2.23. The van der Waals surface area contributed by atoms with E-state index in [4.69, 9.17) is 27.0 Å². The Kier molecular flexibility index (Phi) is 3.14. The first-order valence-electron chi connectivity index (χ1n) is 3.37. The zero-order valence-electron chi connectivity index (χ0n) is 6.99. The van der Waals surface area contributed by atoms with Gasteiger partial charge in [-0.15, -0.1) is 0 Å². The van der Waals surface area contributed by atoms with E-state index in [9.17, 15) is 13.5 Å². The van der Waals surface area contributed by atoms with Gasteiger partial charge in [-0.1, -0.05) is 11.6 Å². The van der Waals surface area contributed by atoms with Gasteiger partial charge >= 0.3 is 0 Å². The molecule has 0 aliphatic rings. The molecule has 14 heavy (non-hydrogen) atoms. The van der Waals surface area contributed by atoms with Gasteiger partial charge in [-0.3, -0.25) is 0 Å². The Morgan fingerprint density at radius 2 is 2.00 bits per heavy atom. The second-order valence-electron chi connectivity index (χ2n) is 2.39. The number of methoxy groups -OCH3 is 1. The molecular weight excluding hydrogens is 251 g/mol. The summed E-state index contributed by atoms with van der Waals surface area (Å²) in [5, 5.41) is 9.51. The topological polar surface area (TPSA) is 63.6 Å². The fourth-order valence-electron chi connectivity index (χ4n) is 0.892. The predicted molar refractivity (Wildman–Crippen MR) is 52.7 cm³/mol.